The molecule has 0 aromatic heterocycles. The quantitative estimate of drug-likeness (QED) is 0.577. The molecule has 0 aromatic carbocycles. The summed E-state index contributed by atoms with van der Waals surface area (Å²) in [7, 11) is 1.63. The first kappa shape index (κ1) is 13.5. The maximum atomic E-state index is 11.4. The van der Waals surface area contributed by atoms with Gasteiger partial charge in [0, 0.05) is 32.7 Å². The Morgan fingerprint density at radius 3 is 2.75 bits per heavy atom. The summed E-state index contributed by atoms with van der Waals surface area (Å²) in [5.74, 6) is 0.969. The van der Waals surface area contributed by atoms with Gasteiger partial charge in [0.25, 0.3) is 0 Å². The number of carbonyl (C=O) groups is 1. The minimum atomic E-state index is 0.107. The van der Waals surface area contributed by atoms with E-state index < -0.39 is 0 Å². The van der Waals surface area contributed by atoms with E-state index in [0.717, 1.165) is 18.9 Å². The molecule has 1 aliphatic rings. The van der Waals surface area contributed by atoms with Gasteiger partial charge in [0.05, 0.1) is 6.61 Å². The highest BCUT2D eigenvalue weighted by Gasteiger charge is 2.29. The highest BCUT2D eigenvalue weighted by molar-refractivity contribution is 5.76. The van der Waals surface area contributed by atoms with Crippen LogP contribution >= 0.6 is 0 Å². The second-order valence-electron chi connectivity index (χ2n) is 4.40. The van der Waals surface area contributed by atoms with Crippen molar-refractivity contribution in [1.29, 1.82) is 0 Å². The van der Waals surface area contributed by atoms with Crippen molar-refractivity contribution in [3.8, 4) is 0 Å². The van der Waals surface area contributed by atoms with Gasteiger partial charge in [0.1, 0.15) is 0 Å². The van der Waals surface area contributed by atoms with Gasteiger partial charge in [-0.15, -0.1) is 0 Å². The number of amides is 1. The monoisotopic (exact) mass is 228 g/mol. The highest BCUT2D eigenvalue weighted by Crippen LogP contribution is 2.33. The molecule has 4 nitrogen and oxygen atoms in total. The fourth-order valence-electron chi connectivity index (χ4n) is 1.89. The lowest BCUT2D eigenvalue weighted by Gasteiger charge is -2.15. The molecule has 1 unspecified atom stereocenters. The highest BCUT2D eigenvalue weighted by atomic mass is 16.5. The summed E-state index contributed by atoms with van der Waals surface area (Å²) in [4.78, 5) is 11.4. The Labute approximate surface area is 98.1 Å². The van der Waals surface area contributed by atoms with Crippen molar-refractivity contribution in [1.82, 2.24) is 10.6 Å². The second kappa shape index (κ2) is 7.63. The zero-order valence-electron chi connectivity index (χ0n) is 10.4. The lowest BCUT2D eigenvalue weighted by atomic mass is 10.1. The Balaban J connectivity index is 1.98. The van der Waals surface area contributed by atoms with Crippen LogP contribution in [-0.2, 0) is 9.53 Å². The smallest absolute Gasteiger partial charge is 0.221 e. The summed E-state index contributed by atoms with van der Waals surface area (Å²) < 4.78 is 4.86. The Hall–Kier alpha value is -0.610. The van der Waals surface area contributed by atoms with E-state index in [4.69, 9.17) is 4.74 Å². The summed E-state index contributed by atoms with van der Waals surface area (Å²) in [5.41, 5.74) is 0. The molecule has 94 valence electrons. The summed E-state index contributed by atoms with van der Waals surface area (Å²) in [5, 5.41) is 6.28. The molecule has 2 N–H and O–H groups in total. The van der Waals surface area contributed by atoms with Crippen LogP contribution < -0.4 is 10.6 Å². The van der Waals surface area contributed by atoms with Gasteiger partial charge in [0.15, 0.2) is 0 Å². The largest absolute Gasteiger partial charge is 0.383 e. The molecule has 1 fully saturated rings. The van der Waals surface area contributed by atoms with Crippen molar-refractivity contribution in [3.05, 3.63) is 0 Å². The van der Waals surface area contributed by atoms with Crippen LogP contribution in [0.3, 0.4) is 0 Å². The van der Waals surface area contributed by atoms with Gasteiger partial charge in [-0.05, 0) is 25.2 Å². The van der Waals surface area contributed by atoms with E-state index in [1.165, 1.54) is 12.8 Å². The van der Waals surface area contributed by atoms with Crippen molar-refractivity contribution in [2.45, 2.75) is 38.6 Å². The fourth-order valence-corrected chi connectivity index (χ4v) is 1.89. The molecule has 0 bridgehead atoms. The average molecular weight is 228 g/mol. The molecule has 1 atom stereocenters. The Morgan fingerprint density at radius 2 is 2.19 bits per heavy atom. The van der Waals surface area contributed by atoms with Crippen molar-refractivity contribution in [2.75, 3.05) is 26.8 Å². The molecule has 0 saturated heterocycles. The molecule has 1 saturated carbocycles. The average Bonchev–Trinajstić information content (AvgIpc) is 3.09. The third-order valence-electron chi connectivity index (χ3n) is 3.02. The zero-order valence-corrected chi connectivity index (χ0v) is 10.4. The van der Waals surface area contributed by atoms with Gasteiger partial charge in [-0.25, -0.2) is 0 Å². The zero-order chi connectivity index (χ0) is 11.8. The Bertz CT molecular complexity index is 205. The van der Waals surface area contributed by atoms with Gasteiger partial charge in [0.2, 0.25) is 5.91 Å². The molecule has 0 aromatic rings. The van der Waals surface area contributed by atoms with Crippen LogP contribution in [-0.4, -0.2) is 38.8 Å². The first-order chi connectivity index (χ1) is 7.77. The molecule has 4 heteroatoms. The molecular weight excluding hydrogens is 204 g/mol. The number of carbonyl (C=O) groups excluding carboxylic acids is 1. The normalized spacial score (nSPS) is 17.1. The van der Waals surface area contributed by atoms with E-state index in [1.807, 2.05) is 0 Å². The third-order valence-corrected chi connectivity index (χ3v) is 3.02. The number of hydrogen-bond donors (Lipinski definition) is 2. The number of methoxy groups -OCH3 is 1. The van der Waals surface area contributed by atoms with E-state index in [-0.39, 0.29) is 5.91 Å². The number of rotatable bonds is 9. The van der Waals surface area contributed by atoms with Crippen LogP contribution in [0.5, 0.6) is 0 Å². The van der Waals surface area contributed by atoms with Gasteiger partial charge < -0.3 is 15.4 Å². The summed E-state index contributed by atoms with van der Waals surface area (Å²) in [6, 6.07) is 0.617. The Kier molecular flexibility index (Phi) is 6.42. The molecule has 1 amide bonds. The maximum absolute atomic E-state index is 11.4. The van der Waals surface area contributed by atoms with Crippen LogP contribution in [0.1, 0.15) is 32.6 Å². The molecule has 0 aliphatic heterocycles. The first-order valence-electron chi connectivity index (χ1n) is 6.27. The predicted molar refractivity (Wildman–Crippen MR) is 64.3 cm³/mol. The first-order valence-corrected chi connectivity index (χ1v) is 6.27. The number of ether oxygens (including phenoxy) is 1. The minimum absolute atomic E-state index is 0.107. The SMILES string of the molecule is CCC(NCCC(=O)NCCOC)C1CC1. The van der Waals surface area contributed by atoms with Crippen LogP contribution in [0.25, 0.3) is 0 Å². The number of hydrogen-bond acceptors (Lipinski definition) is 3. The van der Waals surface area contributed by atoms with E-state index >= 15 is 0 Å². The summed E-state index contributed by atoms with van der Waals surface area (Å²) in [6.45, 7) is 4.18. The van der Waals surface area contributed by atoms with Crippen LogP contribution in [0.2, 0.25) is 0 Å². The molecule has 0 spiro atoms. The van der Waals surface area contributed by atoms with Crippen LogP contribution in [0.15, 0.2) is 0 Å². The van der Waals surface area contributed by atoms with Crippen molar-refractivity contribution >= 4 is 5.91 Å². The molecule has 16 heavy (non-hydrogen) atoms. The van der Waals surface area contributed by atoms with Gasteiger partial charge in [-0.2, -0.15) is 0 Å². The van der Waals surface area contributed by atoms with E-state index in [9.17, 15) is 4.79 Å². The van der Waals surface area contributed by atoms with E-state index in [1.54, 1.807) is 7.11 Å². The van der Waals surface area contributed by atoms with E-state index in [0.29, 0.717) is 25.6 Å². The lowest BCUT2D eigenvalue weighted by Crippen LogP contribution is -2.35. The van der Waals surface area contributed by atoms with Crippen LogP contribution in [0, 0.1) is 5.92 Å². The van der Waals surface area contributed by atoms with Crippen molar-refractivity contribution < 1.29 is 9.53 Å². The Morgan fingerprint density at radius 1 is 1.44 bits per heavy atom. The standard InChI is InChI=1S/C12H24N2O2/c1-3-11(10-4-5-10)13-7-6-12(15)14-8-9-16-2/h10-11,13H,3-9H2,1-2H3,(H,14,15). The van der Waals surface area contributed by atoms with Gasteiger partial charge in [-0.3, -0.25) is 4.79 Å². The fraction of sp³-hybridized carbons (Fsp3) is 0.917. The third kappa shape index (κ3) is 5.47. The van der Waals surface area contributed by atoms with Crippen molar-refractivity contribution in [3.63, 3.8) is 0 Å². The van der Waals surface area contributed by atoms with E-state index in [2.05, 4.69) is 17.6 Å². The predicted octanol–water partition coefficient (Wildman–Crippen LogP) is 0.917. The van der Waals surface area contributed by atoms with Crippen molar-refractivity contribution in [2.24, 2.45) is 5.92 Å². The summed E-state index contributed by atoms with van der Waals surface area (Å²) >= 11 is 0. The molecular formula is C12H24N2O2. The second-order valence-corrected chi connectivity index (χ2v) is 4.40. The summed E-state index contributed by atoms with van der Waals surface area (Å²) in [6.07, 6.45) is 4.43. The van der Waals surface area contributed by atoms with Crippen LogP contribution in [0.4, 0.5) is 0 Å². The molecule has 1 aliphatic carbocycles. The maximum Gasteiger partial charge on any atom is 0.221 e. The molecule has 1 rings (SSSR count). The lowest BCUT2D eigenvalue weighted by molar-refractivity contribution is -0.121. The van der Waals surface area contributed by atoms with Gasteiger partial charge >= 0.3 is 0 Å². The van der Waals surface area contributed by atoms with Gasteiger partial charge in [-0.1, -0.05) is 6.92 Å². The molecule has 0 heterocycles. The minimum Gasteiger partial charge on any atom is -0.383 e. The topological polar surface area (TPSA) is 50.4 Å². The number of nitrogens with one attached hydrogen (secondary N) is 2. The molecule has 0 radical (unpaired) electrons.